The standard InChI is InChI=1S/C11H11O/c12-8-10-6-3-5-9-4-1-2-7-11(9)10/h1-7,10,12H,8H2. The van der Waals surface area contributed by atoms with Crippen molar-refractivity contribution in [1.82, 2.24) is 0 Å². The molecule has 1 aromatic rings. The van der Waals surface area contributed by atoms with Crippen molar-refractivity contribution in [3.05, 3.63) is 54.0 Å². The molecule has 0 bridgehead atoms. The Labute approximate surface area is 72.4 Å². The highest BCUT2D eigenvalue weighted by molar-refractivity contribution is 5.44. The molecule has 61 valence electrons. The Kier molecular flexibility index (Phi) is 1.96. The number of hydrogen-bond acceptors (Lipinski definition) is 1. The average Bonchev–Trinajstić information content (AvgIpc) is 2.17. The van der Waals surface area contributed by atoms with Gasteiger partial charge in [0.05, 0.1) is 6.61 Å². The first kappa shape index (κ1) is 7.56. The molecule has 0 aliphatic heterocycles. The summed E-state index contributed by atoms with van der Waals surface area (Å²) in [5, 5.41) is 9.07. The Balaban J connectivity index is 2.43. The number of rotatable bonds is 1. The molecular weight excluding hydrogens is 148 g/mol. The zero-order chi connectivity index (χ0) is 8.39. The molecule has 0 saturated heterocycles. The smallest absolute Gasteiger partial charge is 0.0534 e. The summed E-state index contributed by atoms with van der Waals surface area (Å²) in [6.45, 7) is 0.196. The van der Waals surface area contributed by atoms with E-state index in [0.29, 0.717) is 0 Å². The molecule has 1 aliphatic carbocycles. The van der Waals surface area contributed by atoms with Crippen LogP contribution in [0.1, 0.15) is 17.0 Å². The zero-order valence-corrected chi connectivity index (χ0v) is 6.77. The molecule has 1 atom stereocenters. The summed E-state index contributed by atoms with van der Waals surface area (Å²) in [7, 11) is 0. The van der Waals surface area contributed by atoms with Crippen molar-refractivity contribution in [1.29, 1.82) is 0 Å². The number of fused-ring (bicyclic) bond motifs is 1. The third-order valence-corrected chi connectivity index (χ3v) is 2.21. The lowest BCUT2D eigenvalue weighted by Gasteiger charge is -2.17. The van der Waals surface area contributed by atoms with Gasteiger partial charge in [-0.15, -0.1) is 0 Å². The summed E-state index contributed by atoms with van der Waals surface area (Å²) in [6.07, 6.45) is 6.10. The van der Waals surface area contributed by atoms with E-state index in [9.17, 15) is 0 Å². The minimum absolute atomic E-state index is 0.186. The molecule has 1 aromatic carbocycles. The van der Waals surface area contributed by atoms with E-state index >= 15 is 0 Å². The Morgan fingerprint density at radius 1 is 1.25 bits per heavy atom. The van der Waals surface area contributed by atoms with E-state index in [-0.39, 0.29) is 12.5 Å². The van der Waals surface area contributed by atoms with Gasteiger partial charge in [-0.3, -0.25) is 0 Å². The molecule has 12 heavy (non-hydrogen) atoms. The Bertz CT molecular complexity index is 302. The largest absolute Gasteiger partial charge is 0.395 e. The van der Waals surface area contributed by atoms with Crippen molar-refractivity contribution in [3.63, 3.8) is 0 Å². The minimum atomic E-state index is 0.186. The van der Waals surface area contributed by atoms with E-state index in [1.54, 1.807) is 0 Å². The molecule has 2 rings (SSSR count). The highest BCUT2D eigenvalue weighted by atomic mass is 16.3. The Hall–Kier alpha value is -1.08. The fourth-order valence-electron chi connectivity index (χ4n) is 1.56. The van der Waals surface area contributed by atoms with Crippen LogP contribution in [-0.4, -0.2) is 11.7 Å². The van der Waals surface area contributed by atoms with Gasteiger partial charge in [-0.2, -0.15) is 0 Å². The van der Waals surface area contributed by atoms with Crippen molar-refractivity contribution in [3.8, 4) is 0 Å². The van der Waals surface area contributed by atoms with E-state index in [0.717, 1.165) is 0 Å². The second-order valence-electron chi connectivity index (χ2n) is 2.97. The Morgan fingerprint density at radius 3 is 2.92 bits per heavy atom. The van der Waals surface area contributed by atoms with E-state index in [4.69, 9.17) is 5.11 Å². The summed E-state index contributed by atoms with van der Waals surface area (Å²) in [5.41, 5.74) is 2.45. The van der Waals surface area contributed by atoms with E-state index in [1.165, 1.54) is 11.1 Å². The van der Waals surface area contributed by atoms with Crippen LogP contribution >= 0.6 is 0 Å². The molecule has 1 unspecified atom stereocenters. The minimum Gasteiger partial charge on any atom is -0.395 e. The fraction of sp³-hybridized carbons (Fsp3) is 0.182. The van der Waals surface area contributed by atoms with Crippen LogP contribution in [0.25, 0.3) is 0 Å². The normalized spacial score (nSPS) is 20.6. The van der Waals surface area contributed by atoms with Gasteiger partial charge < -0.3 is 5.11 Å². The van der Waals surface area contributed by atoms with Gasteiger partial charge in [-0.1, -0.05) is 36.4 Å². The number of allylic oxidation sites excluding steroid dienone is 1. The highest BCUT2D eigenvalue weighted by Gasteiger charge is 2.13. The van der Waals surface area contributed by atoms with Crippen molar-refractivity contribution in [2.45, 2.75) is 5.92 Å². The van der Waals surface area contributed by atoms with Crippen LogP contribution in [0.2, 0.25) is 0 Å². The molecule has 0 spiro atoms. The highest BCUT2D eigenvalue weighted by Crippen LogP contribution is 2.26. The zero-order valence-electron chi connectivity index (χ0n) is 6.77. The lowest BCUT2D eigenvalue weighted by atomic mass is 9.88. The van der Waals surface area contributed by atoms with Crippen LogP contribution in [0.5, 0.6) is 0 Å². The molecule has 0 saturated carbocycles. The molecule has 0 fully saturated rings. The Morgan fingerprint density at radius 2 is 2.08 bits per heavy atom. The first-order valence-corrected chi connectivity index (χ1v) is 4.13. The van der Waals surface area contributed by atoms with Gasteiger partial charge in [-0.05, 0) is 11.1 Å². The summed E-state index contributed by atoms with van der Waals surface area (Å²) >= 11 is 0. The first-order chi connectivity index (χ1) is 5.92. The van der Waals surface area contributed by atoms with Gasteiger partial charge >= 0.3 is 0 Å². The maximum absolute atomic E-state index is 9.07. The lowest BCUT2D eigenvalue weighted by Crippen LogP contribution is -2.06. The topological polar surface area (TPSA) is 20.2 Å². The van der Waals surface area contributed by atoms with Gasteiger partial charge in [0.25, 0.3) is 0 Å². The summed E-state index contributed by atoms with van der Waals surface area (Å²) in [6, 6.07) is 8.16. The van der Waals surface area contributed by atoms with Crippen molar-refractivity contribution < 1.29 is 5.11 Å². The number of aliphatic hydroxyl groups is 1. The number of benzene rings is 1. The van der Waals surface area contributed by atoms with Crippen LogP contribution in [0.15, 0.2) is 36.4 Å². The van der Waals surface area contributed by atoms with Gasteiger partial charge in [-0.25, -0.2) is 0 Å². The fourth-order valence-corrected chi connectivity index (χ4v) is 1.56. The van der Waals surface area contributed by atoms with E-state index in [2.05, 4.69) is 18.6 Å². The van der Waals surface area contributed by atoms with Crippen molar-refractivity contribution >= 4 is 0 Å². The monoisotopic (exact) mass is 159 g/mol. The second-order valence-corrected chi connectivity index (χ2v) is 2.97. The van der Waals surface area contributed by atoms with E-state index in [1.807, 2.05) is 24.3 Å². The second kappa shape index (κ2) is 3.11. The van der Waals surface area contributed by atoms with Crippen molar-refractivity contribution in [2.24, 2.45) is 0 Å². The van der Waals surface area contributed by atoms with Crippen LogP contribution < -0.4 is 0 Å². The predicted molar refractivity (Wildman–Crippen MR) is 48.8 cm³/mol. The third kappa shape index (κ3) is 1.16. The molecule has 1 heteroatoms. The van der Waals surface area contributed by atoms with Crippen molar-refractivity contribution in [2.75, 3.05) is 6.61 Å². The quantitative estimate of drug-likeness (QED) is 0.663. The first-order valence-electron chi connectivity index (χ1n) is 4.13. The van der Waals surface area contributed by atoms with Gasteiger partial charge in [0.1, 0.15) is 0 Å². The molecule has 0 heterocycles. The van der Waals surface area contributed by atoms with Gasteiger partial charge in [0.15, 0.2) is 0 Å². The van der Waals surface area contributed by atoms with Gasteiger partial charge in [0, 0.05) is 12.3 Å². The molecular formula is C11H11O. The third-order valence-electron chi connectivity index (χ3n) is 2.21. The summed E-state index contributed by atoms with van der Waals surface area (Å²) in [5.74, 6) is 0.186. The molecule has 1 aliphatic rings. The van der Waals surface area contributed by atoms with Crippen LogP contribution in [0.3, 0.4) is 0 Å². The summed E-state index contributed by atoms with van der Waals surface area (Å²) in [4.78, 5) is 0. The average molecular weight is 159 g/mol. The SMILES string of the molecule is OCC1C=C[CH]c2ccccc21. The maximum Gasteiger partial charge on any atom is 0.0534 e. The van der Waals surface area contributed by atoms with Crippen LogP contribution in [-0.2, 0) is 0 Å². The molecule has 1 radical (unpaired) electrons. The number of hydrogen-bond donors (Lipinski definition) is 1. The van der Waals surface area contributed by atoms with Crippen LogP contribution in [0, 0.1) is 6.42 Å². The summed E-state index contributed by atoms with van der Waals surface area (Å²) < 4.78 is 0. The predicted octanol–water partition coefficient (Wildman–Crippen LogP) is 1.88. The molecule has 0 aromatic heterocycles. The molecule has 1 nitrogen and oxygen atoms in total. The molecule has 0 amide bonds. The van der Waals surface area contributed by atoms with Crippen LogP contribution in [0.4, 0.5) is 0 Å². The molecule has 1 N–H and O–H groups in total. The van der Waals surface area contributed by atoms with Gasteiger partial charge in [0.2, 0.25) is 0 Å². The lowest BCUT2D eigenvalue weighted by molar-refractivity contribution is 0.283. The van der Waals surface area contributed by atoms with E-state index < -0.39 is 0 Å². The maximum atomic E-state index is 9.07. The number of aliphatic hydroxyl groups excluding tert-OH is 1.